The molecule has 0 aliphatic heterocycles. The van der Waals surface area contributed by atoms with Crippen LogP contribution in [-0.4, -0.2) is 9.78 Å². The van der Waals surface area contributed by atoms with Gasteiger partial charge in [-0.2, -0.15) is 10.4 Å². The Balaban J connectivity index is 2.22. The van der Waals surface area contributed by atoms with Gasteiger partial charge in [-0.1, -0.05) is 15.9 Å². The van der Waals surface area contributed by atoms with Crippen molar-refractivity contribution in [2.24, 2.45) is 13.0 Å². The Morgan fingerprint density at radius 1 is 1.56 bits per heavy atom. The van der Waals surface area contributed by atoms with E-state index in [-0.39, 0.29) is 5.92 Å². The van der Waals surface area contributed by atoms with E-state index in [0.29, 0.717) is 5.92 Å². The zero-order chi connectivity index (χ0) is 11.3. The molecule has 0 radical (unpaired) electrons. The first-order chi connectivity index (χ1) is 7.70. The second-order valence-corrected chi connectivity index (χ2v) is 5.13. The van der Waals surface area contributed by atoms with E-state index in [1.807, 2.05) is 30.1 Å². The lowest BCUT2D eigenvalue weighted by Crippen LogP contribution is -1.85. The zero-order valence-corrected chi connectivity index (χ0v) is 10.4. The summed E-state index contributed by atoms with van der Waals surface area (Å²) in [5, 5.41) is 14.5. The van der Waals surface area contributed by atoms with Crippen molar-refractivity contribution in [1.82, 2.24) is 9.78 Å². The molecule has 16 heavy (non-hydrogen) atoms. The number of aryl methyl sites for hydroxylation is 1. The van der Waals surface area contributed by atoms with Gasteiger partial charge in [0.1, 0.15) is 0 Å². The summed E-state index contributed by atoms with van der Waals surface area (Å²) in [5.74, 6) is 0.564. The molecule has 3 nitrogen and oxygen atoms in total. The minimum Gasteiger partial charge on any atom is -0.275 e. The van der Waals surface area contributed by atoms with Crippen LogP contribution in [0.25, 0.3) is 10.9 Å². The molecule has 1 aliphatic rings. The van der Waals surface area contributed by atoms with Crippen molar-refractivity contribution in [2.45, 2.75) is 12.3 Å². The van der Waals surface area contributed by atoms with Crippen molar-refractivity contribution < 1.29 is 0 Å². The summed E-state index contributed by atoms with van der Waals surface area (Å²) in [6.45, 7) is 0. The van der Waals surface area contributed by atoms with Gasteiger partial charge in [-0.25, -0.2) is 0 Å². The monoisotopic (exact) mass is 275 g/mol. The quantitative estimate of drug-likeness (QED) is 0.803. The van der Waals surface area contributed by atoms with E-state index in [9.17, 15) is 0 Å². The third-order valence-electron chi connectivity index (χ3n) is 3.12. The molecule has 1 aromatic carbocycles. The first kappa shape index (κ1) is 9.86. The molecule has 2 atom stereocenters. The molecule has 0 spiro atoms. The second-order valence-electron chi connectivity index (χ2n) is 4.27. The van der Waals surface area contributed by atoms with Crippen molar-refractivity contribution in [1.29, 1.82) is 5.26 Å². The summed E-state index contributed by atoms with van der Waals surface area (Å²) in [5.41, 5.74) is 2.25. The number of nitrogens with zero attached hydrogens (tertiary/aromatic N) is 3. The maximum absolute atomic E-state index is 8.92. The summed E-state index contributed by atoms with van der Waals surface area (Å²) in [4.78, 5) is 0. The van der Waals surface area contributed by atoms with Crippen LogP contribution >= 0.6 is 15.9 Å². The summed E-state index contributed by atoms with van der Waals surface area (Å²) >= 11 is 3.58. The molecule has 0 amide bonds. The molecule has 4 heteroatoms. The Morgan fingerprint density at radius 3 is 3.06 bits per heavy atom. The van der Waals surface area contributed by atoms with Gasteiger partial charge in [-0.3, -0.25) is 4.68 Å². The molecule has 1 saturated carbocycles. The van der Waals surface area contributed by atoms with E-state index in [2.05, 4.69) is 27.1 Å². The van der Waals surface area contributed by atoms with Crippen LogP contribution in [0.3, 0.4) is 0 Å². The first-order valence-electron chi connectivity index (χ1n) is 5.22. The van der Waals surface area contributed by atoms with Gasteiger partial charge in [0.25, 0.3) is 0 Å². The summed E-state index contributed by atoms with van der Waals surface area (Å²) in [6, 6.07) is 6.37. The third-order valence-corrected chi connectivity index (χ3v) is 3.81. The average molecular weight is 276 g/mol. The summed E-state index contributed by atoms with van der Waals surface area (Å²) in [7, 11) is 1.92. The van der Waals surface area contributed by atoms with E-state index in [1.165, 1.54) is 10.9 Å². The predicted octanol–water partition coefficient (Wildman–Crippen LogP) is 2.96. The average Bonchev–Trinajstić information content (AvgIpc) is 2.92. The topological polar surface area (TPSA) is 41.6 Å². The summed E-state index contributed by atoms with van der Waals surface area (Å²) < 4.78 is 2.92. The van der Waals surface area contributed by atoms with E-state index in [0.717, 1.165) is 16.4 Å². The molecule has 2 aromatic rings. The number of fused-ring (bicyclic) bond motifs is 1. The molecule has 1 fully saturated rings. The SMILES string of the molecule is Cn1cc2c(C3CC3C#N)c(Br)ccc2n1. The van der Waals surface area contributed by atoms with Crippen molar-refractivity contribution in [3.63, 3.8) is 0 Å². The lowest BCUT2D eigenvalue weighted by atomic mass is 10.1. The smallest absolute Gasteiger partial charge is 0.0926 e. The van der Waals surface area contributed by atoms with Crippen LogP contribution in [0.15, 0.2) is 22.8 Å². The van der Waals surface area contributed by atoms with Crippen LogP contribution in [0, 0.1) is 17.2 Å². The van der Waals surface area contributed by atoms with E-state index >= 15 is 0 Å². The molecule has 0 saturated heterocycles. The fourth-order valence-electron chi connectivity index (χ4n) is 2.24. The Bertz CT molecular complexity index is 608. The number of hydrogen-bond acceptors (Lipinski definition) is 2. The van der Waals surface area contributed by atoms with Crippen molar-refractivity contribution in [2.75, 3.05) is 0 Å². The molecular formula is C12H10BrN3. The highest BCUT2D eigenvalue weighted by atomic mass is 79.9. The van der Waals surface area contributed by atoms with Gasteiger partial charge in [0.15, 0.2) is 0 Å². The number of halogens is 1. The number of nitriles is 1. The van der Waals surface area contributed by atoms with Crippen molar-refractivity contribution >= 4 is 26.8 Å². The molecule has 3 rings (SSSR count). The fraction of sp³-hybridized carbons (Fsp3) is 0.333. The highest BCUT2D eigenvalue weighted by molar-refractivity contribution is 9.10. The van der Waals surface area contributed by atoms with Crippen LogP contribution < -0.4 is 0 Å². The number of hydrogen-bond donors (Lipinski definition) is 0. The maximum Gasteiger partial charge on any atom is 0.0926 e. The Kier molecular flexibility index (Phi) is 2.05. The number of benzene rings is 1. The first-order valence-corrected chi connectivity index (χ1v) is 6.01. The highest BCUT2D eigenvalue weighted by Crippen LogP contribution is 2.51. The molecule has 0 N–H and O–H groups in total. The normalized spacial score (nSPS) is 23.3. The summed E-state index contributed by atoms with van der Waals surface area (Å²) in [6.07, 6.45) is 3.01. The largest absolute Gasteiger partial charge is 0.275 e. The molecule has 2 unspecified atom stereocenters. The third kappa shape index (κ3) is 1.35. The van der Waals surface area contributed by atoms with Crippen LogP contribution in [-0.2, 0) is 7.05 Å². The van der Waals surface area contributed by atoms with Gasteiger partial charge in [0, 0.05) is 29.0 Å². The fourth-order valence-corrected chi connectivity index (χ4v) is 2.88. The van der Waals surface area contributed by atoms with Crippen molar-refractivity contribution in [3.8, 4) is 6.07 Å². The second kappa shape index (κ2) is 3.33. The molecule has 1 aromatic heterocycles. The zero-order valence-electron chi connectivity index (χ0n) is 8.81. The van der Waals surface area contributed by atoms with Crippen LogP contribution in [0.2, 0.25) is 0 Å². The molecule has 1 heterocycles. The molecule has 1 aliphatic carbocycles. The van der Waals surface area contributed by atoms with E-state index in [4.69, 9.17) is 5.26 Å². The lowest BCUT2D eigenvalue weighted by Gasteiger charge is -2.03. The van der Waals surface area contributed by atoms with E-state index in [1.54, 1.807) is 0 Å². The number of aromatic nitrogens is 2. The van der Waals surface area contributed by atoms with Gasteiger partial charge < -0.3 is 0 Å². The number of rotatable bonds is 1. The minimum absolute atomic E-state index is 0.183. The van der Waals surface area contributed by atoms with Gasteiger partial charge >= 0.3 is 0 Å². The van der Waals surface area contributed by atoms with Gasteiger partial charge in [0.05, 0.1) is 17.5 Å². The van der Waals surface area contributed by atoms with E-state index < -0.39 is 0 Å². The maximum atomic E-state index is 8.92. The van der Waals surface area contributed by atoms with Crippen LogP contribution in [0.1, 0.15) is 17.9 Å². The molecule has 80 valence electrons. The molecular weight excluding hydrogens is 266 g/mol. The van der Waals surface area contributed by atoms with Gasteiger partial charge in [0.2, 0.25) is 0 Å². The predicted molar refractivity (Wildman–Crippen MR) is 64.9 cm³/mol. The van der Waals surface area contributed by atoms with Crippen LogP contribution in [0.4, 0.5) is 0 Å². The van der Waals surface area contributed by atoms with Gasteiger partial charge in [-0.15, -0.1) is 0 Å². The molecule has 0 bridgehead atoms. The Morgan fingerprint density at radius 2 is 2.38 bits per heavy atom. The lowest BCUT2D eigenvalue weighted by molar-refractivity contribution is 0.779. The van der Waals surface area contributed by atoms with Crippen LogP contribution in [0.5, 0.6) is 0 Å². The van der Waals surface area contributed by atoms with Gasteiger partial charge in [-0.05, 0) is 24.1 Å². The standard InChI is InChI=1S/C12H10BrN3/c1-16-6-9-11(15-16)3-2-10(13)12(9)8-4-7(8)5-14/h2-3,6-8H,4H2,1H3. The minimum atomic E-state index is 0.183. The Hall–Kier alpha value is -1.34. The highest BCUT2D eigenvalue weighted by Gasteiger charge is 2.40. The van der Waals surface area contributed by atoms with Crippen molar-refractivity contribution in [3.05, 3.63) is 28.4 Å². The Labute approximate surface area is 102 Å².